The van der Waals surface area contributed by atoms with Crippen molar-refractivity contribution in [3.63, 3.8) is 0 Å². The summed E-state index contributed by atoms with van der Waals surface area (Å²) in [6, 6.07) is 48.2. The number of benzene rings is 4. The number of thiophene rings is 1. The molecule has 0 spiro atoms. The predicted octanol–water partition coefficient (Wildman–Crippen LogP) is 8.38. The molecule has 0 fully saturated rings. The molecule has 0 N–H and O–H groups in total. The zero-order chi connectivity index (χ0) is 22.3. The van der Waals surface area contributed by atoms with E-state index in [1.165, 1.54) is 20.5 Å². The van der Waals surface area contributed by atoms with Crippen LogP contribution in [0.5, 0.6) is 0 Å². The van der Waals surface area contributed by atoms with E-state index >= 15 is 0 Å². The second-order valence-electron chi connectivity index (χ2n) is 7.41. The van der Waals surface area contributed by atoms with Crippen molar-refractivity contribution in [1.82, 2.24) is 4.98 Å². The summed E-state index contributed by atoms with van der Waals surface area (Å²) in [5.41, 5.74) is 5.46. The van der Waals surface area contributed by atoms with E-state index in [-0.39, 0.29) is 20.1 Å². The van der Waals surface area contributed by atoms with Gasteiger partial charge >= 0.3 is 20.1 Å². The Morgan fingerprint density at radius 3 is 1.71 bits per heavy atom. The predicted molar refractivity (Wildman–Crippen MR) is 139 cm³/mol. The summed E-state index contributed by atoms with van der Waals surface area (Å²) in [5.74, 6) is 0. The molecule has 2 aromatic heterocycles. The Labute approximate surface area is 218 Å². The molecule has 4 aromatic carbocycles. The van der Waals surface area contributed by atoms with Crippen molar-refractivity contribution < 1.29 is 20.1 Å². The molecule has 3 heteroatoms. The first-order valence-electron chi connectivity index (χ1n) is 10.7. The van der Waals surface area contributed by atoms with E-state index in [0.29, 0.717) is 0 Å². The van der Waals surface area contributed by atoms with Crippen LogP contribution in [-0.2, 0) is 20.1 Å². The van der Waals surface area contributed by atoms with Gasteiger partial charge in [-0.3, -0.25) is 0 Å². The smallest absolute Gasteiger partial charge is 0.304 e. The molecule has 0 saturated carbocycles. The topological polar surface area (TPSA) is 12.9 Å². The van der Waals surface area contributed by atoms with Crippen molar-refractivity contribution in [2.24, 2.45) is 0 Å². The van der Waals surface area contributed by atoms with Crippen LogP contribution in [0.2, 0.25) is 0 Å². The number of hydrogen-bond donors (Lipinski definition) is 0. The zero-order valence-corrected chi connectivity index (χ0v) is 21.4. The van der Waals surface area contributed by atoms with Crippen molar-refractivity contribution in [1.29, 1.82) is 0 Å². The maximum atomic E-state index is 4.56. The van der Waals surface area contributed by atoms with Gasteiger partial charge in [0.1, 0.15) is 0 Å². The van der Waals surface area contributed by atoms with Crippen molar-refractivity contribution in [2.75, 3.05) is 0 Å². The monoisotopic (exact) mass is 631 g/mol. The zero-order valence-electron chi connectivity index (χ0n) is 18.2. The minimum Gasteiger partial charge on any atom is -0.304 e. The number of fused-ring (bicyclic) bond motifs is 1. The molecule has 0 aliphatic carbocycles. The van der Waals surface area contributed by atoms with E-state index < -0.39 is 0 Å². The van der Waals surface area contributed by atoms with Gasteiger partial charge in [-0.15, -0.1) is 59.4 Å². The van der Waals surface area contributed by atoms with E-state index in [1.54, 1.807) is 11.3 Å². The molecule has 0 radical (unpaired) electrons. The average molecular weight is 631 g/mol. The van der Waals surface area contributed by atoms with Gasteiger partial charge in [0, 0.05) is 21.2 Å². The Morgan fingerprint density at radius 2 is 1.15 bits per heavy atom. The molecule has 0 saturated heterocycles. The van der Waals surface area contributed by atoms with Gasteiger partial charge in [-0.25, -0.2) is 11.1 Å². The molecule has 164 valence electrons. The van der Waals surface area contributed by atoms with Gasteiger partial charge in [0.2, 0.25) is 0 Å². The van der Waals surface area contributed by atoms with Gasteiger partial charge in [-0.1, -0.05) is 36.4 Å². The van der Waals surface area contributed by atoms with E-state index in [1.807, 2.05) is 85.1 Å². The quantitative estimate of drug-likeness (QED) is 0.179. The van der Waals surface area contributed by atoms with Crippen LogP contribution in [0.1, 0.15) is 0 Å². The van der Waals surface area contributed by atoms with Crippen LogP contribution in [0.15, 0.2) is 121 Å². The first-order chi connectivity index (χ1) is 16.4. The molecule has 0 amide bonds. The van der Waals surface area contributed by atoms with Gasteiger partial charge in [-0.2, -0.15) is 48.5 Å². The SMILES string of the molecule is [Ir+3].[c-]1ccccc1-c1[c-]cccc1.[c-]1ccccc1-c1cc2sc(-c3ccccc3)cc2cn1. The number of hydrogen-bond acceptors (Lipinski definition) is 2. The van der Waals surface area contributed by atoms with Crippen LogP contribution >= 0.6 is 11.3 Å². The third-order valence-electron chi connectivity index (χ3n) is 5.15. The minimum absolute atomic E-state index is 0. The summed E-state index contributed by atoms with van der Waals surface area (Å²) in [7, 11) is 0. The maximum Gasteiger partial charge on any atom is 3.00 e. The van der Waals surface area contributed by atoms with E-state index in [4.69, 9.17) is 0 Å². The van der Waals surface area contributed by atoms with Crippen LogP contribution in [-0.4, -0.2) is 4.98 Å². The fraction of sp³-hybridized carbons (Fsp3) is 0. The maximum absolute atomic E-state index is 4.56. The van der Waals surface area contributed by atoms with Gasteiger partial charge < -0.3 is 4.98 Å². The Morgan fingerprint density at radius 1 is 0.588 bits per heavy atom. The third-order valence-corrected chi connectivity index (χ3v) is 6.30. The molecule has 6 aromatic rings. The Balaban J connectivity index is 0.000000180. The second kappa shape index (κ2) is 11.7. The molecular weight excluding hydrogens is 611 g/mol. The van der Waals surface area contributed by atoms with E-state index in [2.05, 4.69) is 59.6 Å². The van der Waals surface area contributed by atoms with E-state index in [9.17, 15) is 0 Å². The molecule has 0 unspecified atom stereocenters. The first-order valence-corrected chi connectivity index (χ1v) is 11.5. The van der Waals surface area contributed by atoms with Gasteiger partial charge in [0.05, 0.1) is 0 Å². The van der Waals surface area contributed by atoms with Crippen molar-refractivity contribution >= 4 is 21.4 Å². The van der Waals surface area contributed by atoms with Crippen LogP contribution in [0, 0.1) is 18.2 Å². The summed E-state index contributed by atoms with van der Waals surface area (Å²) < 4.78 is 1.26. The van der Waals surface area contributed by atoms with Crippen LogP contribution < -0.4 is 0 Å². The molecule has 0 bridgehead atoms. The Kier molecular flexibility index (Phi) is 8.17. The van der Waals surface area contributed by atoms with Crippen molar-refractivity contribution in [2.45, 2.75) is 0 Å². The van der Waals surface area contributed by atoms with Crippen molar-refractivity contribution in [3.05, 3.63) is 140 Å². The fourth-order valence-corrected chi connectivity index (χ4v) is 4.58. The molecule has 1 nitrogen and oxygen atoms in total. The fourth-order valence-electron chi connectivity index (χ4n) is 3.50. The molecule has 34 heavy (non-hydrogen) atoms. The normalized spacial score (nSPS) is 10.1. The number of aromatic nitrogens is 1. The van der Waals surface area contributed by atoms with Gasteiger partial charge in [0.15, 0.2) is 0 Å². The molecular formula is C31H20IrNS. The van der Waals surface area contributed by atoms with Crippen LogP contribution in [0.25, 0.3) is 42.9 Å². The number of pyridine rings is 1. The van der Waals surface area contributed by atoms with Crippen LogP contribution in [0.4, 0.5) is 0 Å². The van der Waals surface area contributed by atoms with Crippen molar-refractivity contribution in [3.8, 4) is 32.8 Å². The number of nitrogens with zero attached hydrogens (tertiary/aromatic N) is 1. The second-order valence-corrected chi connectivity index (χ2v) is 8.50. The molecule has 6 rings (SSSR count). The minimum atomic E-state index is 0. The van der Waals surface area contributed by atoms with Gasteiger partial charge in [0.25, 0.3) is 0 Å². The Hall–Kier alpha value is -3.36. The van der Waals surface area contributed by atoms with E-state index in [0.717, 1.165) is 22.4 Å². The molecule has 0 atom stereocenters. The summed E-state index contributed by atoms with van der Waals surface area (Å²) in [6.07, 6.45) is 1.95. The standard InChI is InChI=1S/C19H12NS.C12H8.Ir/c1-3-7-14(8-4-1)17-12-19-16(13-20-17)11-18(21-19)15-9-5-2-6-10-15;1-3-7-11(8-4-1)12-9-5-2-6-10-12;/h1-7,9-13H;1-7,9H;/q-1;-2;+3. The third kappa shape index (κ3) is 5.76. The number of rotatable bonds is 3. The molecule has 2 heterocycles. The summed E-state index contributed by atoms with van der Waals surface area (Å²) in [4.78, 5) is 5.84. The van der Waals surface area contributed by atoms with Crippen LogP contribution in [0.3, 0.4) is 0 Å². The first kappa shape index (κ1) is 23.8. The summed E-state index contributed by atoms with van der Waals surface area (Å²) in [6.45, 7) is 0. The Bertz CT molecular complexity index is 1360. The largest absolute Gasteiger partial charge is 3.00 e. The average Bonchev–Trinajstić information content (AvgIpc) is 3.35. The summed E-state index contributed by atoms with van der Waals surface area (Å²) in [5, 5.41) is 1.19. The summed E-state index contributed by atoms with van der Waals surface area (Å²) >= 11 is 1.81. The molecule has 0 aliphatic rings. The molecule has 0 aliphatic heterocycles. The van der Waals surface area contributed by atoms with Gasteiger partial charge in [-0.05, 0) is 17.3 Å².